The van der Waals surface area contributed by atoms with Gasteiger partial charge in [-0.25, -0.2) is 0 Å². The molecule has 2 aromatic carbocycles. The molecule has 3 rings (SSSR count). The average molecular weight is 339 g/mol. The summed E-state index contributed by atoms with van der Waals surface area (Å²) in [5.74, 6) is -0.621. The van der Waals surface area contributed by atoms with Gasteiger partial charge in [0.2, 0.25) is 5.91 Å². The minimum atomic E-state index is -0.546. The van der Waals surface area contributed by atoms with Gasteiger partial charge in [0, 0.05) is 23.5 Å². The molecular weight excluding hydrogens is 318 g/mol. The third kappa shape index (κ3) is 3.54. The van der Waals surface area contributed by atoms with Crippen LogP contribution in [0.25, 0.3) is 0 Å². The van der Waals surface area contributed by atoms with E-state index in [4.69, 9.17) is 0 Å². The van der Waals surface area contributed by atoms with Crippen LogP contribution in [0.2, 0.25) is 0 Å². The normalized spacial score (nSPS) is 17.8. The van der Waals surface area contributed by atoms with Crippen LogP contribution < -0.4 is 0 Å². The van der Waals surface area contributed by atoms with Gasteiger partial charge in [-0.3, -0.25) is 9.59 Å². The van der Waals surface area contributed by atoms with Crippen molar-refractivity contribution in [2.45, 2.75) is 24.3 Å². The molecule has 0 aromatic heterocycles. The molecule has 1 aliphatic rings. The van der Waals surface area contributed by atoms with Gasteiger partial charge in [0.1, 0.15) is 5.92 Å². The standard InChI is InChI=1S/C20H21NO2S/c1-24-18-12-6-5-10-16(18)19(22)17-11-7-13-21(20(17)23)14-15-8-3-2-4-9-15/h2-6,8-10,12,17H,7,11,13-14H2,1H3. The summed E-state index contributed by atoms with van der Waals surface area (Å²) in [5.41, 5.74) is 1.77. The highest BCUT2D eigenvalue weighted by atomic mass is 32.2. The van der Waals surface area contributed by atoms with Crippen LogP contribution in [-0.4, -0.2) is 29.4 Å². The first-order chi connectivity index (χ1) is 11.7. The molecule has 1 atom stereocenters. The van der Waals surface area contributed by atoms with E-state index in [0.717, 1.165) is 23.4 Å². The highest BCUT2D eigenvalue weighted by Crippen LogP contribution is 2.28. The minimum absolute atomic E-state index is 0.0361. The van der Waals surface area contributed by atoms with Crippen molar-refractivity contribution in [1.29, 1.82) is 0 Å². The number of nitrogens with zero attached hydrogens (tertiary/aromatic N) is 1. The number of benzene rings is 2. The second kappa shape index (κ2) is 7.67. The Kier molecular flexibility index (Phi) is 5.36. The number of carbonyl (C=O) groups excluding carboxylic acids is 2. The number of carbonyl (C=O) groups is 2. The molecule has 0 spiro atoms. The van der Waals surface area contributed by atoms with Crippen LogP contribution in [0.15, 0.2) is 59.5 Å². The zero-order valence-corrected chi connectivity index (χ0v) is 14.6. The monoisotopic (exact) mass is 339 g/mol. The fourth-order valence-corrected chi connectivity index (χ4v) is 3.78. The summed E-state index contributed by atoms with van der Waals surface area (Å²) < 4.78 is 0. The van der Waals surface area contributed by atoms with Crippen LogP contribution in [0.1, 0.15) is 28.8 Å². The number of thioether (sulfide) groups is 1. The number of Topliss-reactive ketones (excluding diaryl/α,β-unsaturated/α-hetero) is 1. The van der Waals surface area contributed by atoms with E-state index in [1.54, 1.807) is 11.8 Å². The second-order valence-corrected chi connectivity index (χ2v) is 6.85. The highest BCUT2D eigenvalue weighted by Gasteiger charge is 2.35. The Hall–Kier alpha value is -2.07. The molecule has 1 aliphatic heterocycles. The molecule has 0 aliphatic carbocycles. The summed E-state index contributed by atoms with van der Waals surface area (Å²) in [7, 11) is 0. The number of ketones is 1. The summed E-state index contributed by atoms with van der Waals surface area (Å²) in [6.45, 7) is 1.30. The maximum absolute atomic E-state index is 12.9. The number of rotatable bonds is 5. The van der Waals surface area contributed by atoms with Crippen molar-refractivity contribution in [3.63, 3.8) is 0 Å². The van der Waals surface area contributed by atoms with Crippen LogP contribution in [0.3, 0.4) is 0 Å². The average Bonchev–Trinajstić information content (AvgIpc) is 2.64. The summed E-state index contributed by atoms with van der Waals surface area (Å²) in [6, 6.07) is 17.5. The van der Waals surface area contributed by atoms with Crippen LogP contribution in [-0.2, 0) is 11.3 Å². The molecule has 0 radical (unpaired) electrons. The van der Waals surface area contributed by atoms with Gasteiger partial charge in [0.05, 0.1) is 0 Å². The summed E-state index contributed by atoms with van der Waals surface area (Å²) in [4.78, 5) is 28.5. The SMILES string of the molecule is CSc1ccccc1C(=O)C1CCCN(Cc2ccccc2)C1=O. The molecule has 1 fully saturated rings. The van der Waals surface area contributed by atoms with E-state index in [9.17, 15) is 9.59 Å². The van der Waals surface area contributed by atoms with E-state index in [1.807, 2.05) is 65.8 Å². The van der Waals surface area contributed by atoms with E-state index < -0.39 is 5.92 Å². The molecular formula is C20H21NO2S. The van der Waals surface area contributed by atoms with Crippen molar-refractivity contribution in [1.82, 2.24) is 4.90 Å². The van der Waals surface area contributed by atoms with Crippen molar-refractivity contribution in [3.05, 3.63) is 65.7 Å². The molecule has 24 heavy (non-hydrogen) atoms. The van der Waals surface area contributed by atoms with Gasteiger partial charge < -0.3 is 4.90 Å². The minimum Gasteiger partial charge on any atom is -0.338 e. The largest absolute Gasteiger partial charge is 0.338 e. The maximum atomic E-state index is 12.9. The lowest BCUT2D eigenvalue weighted by molar-refractivity contribution is -0.137. The van der Waals surface area contributed by atoms with Crippen molar-refractivity contribution < 1.29 is 9.59 Å². The Bertz CT molecular complexity index is 729. The number of likely N-dealkylation sites (tertiary alicyclic amines) is 1. The molecule has 3 nitrogen and oxygen atoms in total. The van der Waals surface area contributed by atoms with Gasteiger partial charge in [0.15, 0.2) is 5.78 Å². The molecule has 1 saturated heterocycles. The first-order valence-electron chi connectivity index (χ1n) is 8.20. The predicted octanol–water partition coefficient (Wildman–Crippen LogP) is 4.03. The smallest absolute Gasteiger partial charge is 0.233 e. The van der Waals surface area contributed by atoms with Gasteiger partial charge in [-0.05, 0) is 30.7 Å². The van der Waals surface area contributed by atoms with E-state index >= 15 is 0 Å². The Morgan fingerprint density at radius 1 is 1.12 bits per heavy atom. The zero-order chi connectivity index (χ0) is 16.9. The fourth-order valence-electron chi connectivity index (χ4n) is 3.18. The fraction of sp³-hybridized carbons (Fsp3) is 0.300. The van der Waals surface area contributed by atoms with Gasteiger partial charge >= 0.3 is 0 Å². The van der Waals surface area contributed by atoms with Gasteiger partial charge in [-0.15, -0.1) is 11.8 Å². The van der Waals surface area contributed by atoms with Crippen LogP contribution in [0.5, 0.6) is 0 Å². The van der Waals surface area contributed by atoms with Crippen molar-refractivity contribution in [3.8, 4) is 0 Å². The molecule has 1 heterocycles. The first kappa shape index (κ1) is 16.8. The van der Waals surface area contributed by atoms with E-state index in [0.29, 0.717) is 18.5 Å². The van der Waals surface area contributed by atoms with Gasteiger partial charge in [-0.2, -0.15) is 0 Å². The summed E-state index contributed by atoms with van der Waals surface area (Å²) in [6.07, 6.45) is 3.47. The Morgan fingerprint density at radius 2 is 1.83 bits per heavy atom. The lowest BCUT2D eigenvalue weighted by Gasteiger charge is -2.32. The molecule has 0 N–H and O–H groups in total. The number of hydrogen-bond donors (Lipinski definition) is 0. The first-order valence-corrected chi connectivity index (χ1v) is 9.43. The van der Waals surface area contributed by atoms with Gasteiger partial charge in [0.25, 0.3) is 0 Å². The van der Waals surface area contributed by atoms with Crippen molar-refractivity contribution >= 4 is 23.5 Å². The third-order valence-corrected chi connectivity index (χ3v) is 5.23. The Labute approximate surface area is 147 Å². The molecule has 0 bridgehead atoms. The summed E-state index contributed by atoms with van der Waals surface area (Å²) in [5, 5.41) is 0. The highest BCUT2D eigenvalue weighted by molar-refractivity contribution is 7.98. The van der Waals surface area contributed by atoms with Crippen molar-refractivity contribution in [2.75, 3.05) is 12.8 Å². The topological polar surface area (TPSA) is 37.4 Å². The zero-order valence-electron chi connectivity index (χ0n) is 13.8. The van der Waals surface area contributed by atoms with E-state index in [-0.39, 0.29) is 11.7 Å². The van der Waals surface area contributed by atoms with Crippen molar-refractivity contribution in [2.24, 2.45) is 5.92 Å². The summed E-state index contributed by atoms with van der Waals surface area (Å²) >= 11 is 1.55. The Morgan fingerprint density at radius 3 is 2.58 bits per heavy atom. The number of piperidine rings is 1. The van der Waals surface area contributed by atoms with Gasteiger partial charge in [-0.1, -0.05) is 48.5 Å². The molecule has 1 amide bonds. The molecule has 124 valence electrons. The quantitative estimate of drug-likeness (QED) is 0.469. The molecule has 1 unspecified atom stereocenters. The van der Waals surface area contributed by atoms with E-state index in [2.05, 4.69) is 0 Å². The molecule has 4 heteroatoms. The Balaban J connectivity index is 1.78. The van der Waals surface area contributed by atoms with Crippen LogP contribution >= 0.6 is 11.8 Å². The van der Waals surface area contributed by atoms with Crippen LogP contribution in [0, 0.1) is 5.92 Å². The lowest BCUT2D eigenvalue weighted by Crippen LogP contribution is -2.43. The second-order valence-electron chi connectivity index (χ2n) is 6.00. The lowest BCUT2D eigenvalue weighted by atomic mass is 9.89. The third-order valence-electron chi connectivity index (χ3n) is 4.44. The predicted molar refractivity (Wildman–Crippen MR) is 97.1 cm³/mol. The molecule has 0 saturated carbocycles. The number of hydrogen-bond acceptors (Lipinski definition) is 3. The van der Waals surface area contributed by atoms with Crippen LogP contribution in [0.4, 0.5) is 0 Å². The molecule has 2 aromatic rings. The number of amides is 1. The maximum Gasteiger partial charge on any atom is 0.233 e. The van der Waals surface area contributed by atoms with E-state index in [1.165, 1.54) is 0 Å².